The van der Waals surface area contributed by atoms with Gasteiger partial charge in [0.25, 0.3) is 0 Å². The number of aromatic nitrogens is 1. The molecule has 0 saturated heterocycles. The maximum atomic E-state index is 10.9. The third-order valence-electron chi connectivity index (χ3n) is 3.48. The zero-order valence-corrected chi connectivity index (χ0v) is 17.9. The van der Waals surface area contributed by atoms with Crippen LogP contribution >= 0.6 is 15.9 Å². The van der Waals surface area contributed by atoms with E-state index in [1.165, 1.54) is 6.92 Å². The summed E-state index contributed by atoms with van der Waals surface area (Å²) in [5.41, 5.74) is 2.26. The van der Waals surface area contributed by atoms with Crippen molar-refractivity contribution in [3.05, 3.63) is 70.3 Å². The van der Waals surface area contributed by atoms with Crippen LogP contribution in [0.5, 0.6) is 5.75 Å². The molecule has 1 heterocycles. The summed E-state index contributed by atoms with van der Waals surface area (Å²) in [6.45, 7) is 1.48. The zero-order chi connectivity index (χ0) is 17.8. The second-order valence-electron chi connectivity index (χ2n) is 5.41. The second kappa shape index (κ2) is 9.20. The number of carbonyl (C=O) groups is 1. The third-order valence-corrected chi connectivity index (χ3v) is 3.98. The monoisotopic (exact) mass is 419 g/mol. The van der Waals surface area contributed by atoms with Crippen LogP contribution in [0.15, 0.2) is 59.1 Å². The molecule has 2 aromatic carbocycles. The summed E-state index contributed by atoms with van der Waals surface area (Å²) in [5.74, 6) is 5.52. The molecule has 0 amide bonds. The molecule has 126 valence electrons. The SMILES string of the molecule is CC(Oc1cccc(C#Cc2ccc3ccc(Br)cc3n2)c1)C(=O)O.[H-].[Na+]. The van der Waals surface area contributed by atoms with Gasteiger partial charge in [-0.1, -0.05) is 40.0 Å². The summed E-state index contributed by atoms with van der Waals surface area (Å²) in [5, 5.41) is 9.95. The fourth-order valence-corrected chi connectivity index (χ4v) is 2.55. The molecule has 3 aromatic rings. The van der Waals surface area contributed by atoms with Gasteiger partial charge in [-0.15, -0.1) is 0 Å². The summed E-state index contributed by atoms with van der Waals surface area (Å²) in [6, 6.07) is 16.8. The van der Waals surface area contributed by atoms with Crippen LogP contribution in [-0.4, -0.2) is 22.2 Å². The van der Waals surface area contributed by atoms with E-state index in [-0.39, 0.29) is 31.0 Å². The van der Waals surface area contributed by atoms with E-state index in [0.29, 0.717) is 11.4 Å². The molecule has 0 aliphatic carbocycles. The predicted octanol–water partition coefficient (Wildman–Crippen LogP) is 1.37. The number of benzene rings is 2. The number of aliphatic carboxylic acids is 1. The smallest absolute Gasteiger partial charge is 1.00 e. The topological polar surface area (TPSA) is 59.4 Å². The summed E-state index contributed by atoms with van der Waals surface area (Å²) >= 11 is 3.44. The van der Waals surface area contributed by atoms with Crippen LogP contribution in [0.1, 0.15) is 19.6 Å². The molecule has 0 saturated carbocycles. The number of fused-ring (bicyclic) bond motifs is 1. The molecule has 1 aromatic heterocycles. The van der Waals surface area contributed by atoms with Gasteiger partial charge in [-0.3, -0.25) is 0 Å². The van der Waals surface area contributed by atoms with Crippen molar-refractivity contribution in [1.82, 2.24) is 4.98 Å². The van der Waals surface area contributed by atoms with Crippen molar-refractivity contribution in [2.75, 3.05) is 0 Å². The molecule has 4 nitrogen and oxygen atoms in total. The quantitative estimate of drug-likeness (QED) is 0.514. The van der Waals surface area contributed by atoms with E-state index in [4.69, 9.17) is 9.84 Å². The Bertz CT molecular complexity index is 1020. The average Bonchev–Trinajstić information content (AvgIpc) is 2.59. The van der Waals surface area contributed by atoms with Crippen LogP contribution in [0.2, 0.25) is 0 Å². The number of carboxylic acids is 1. The molecule has 1 atom stereocenters. The number of rotatable bonds is 3. The Morgan fingerprint density at radius 2 is 1.96 bits per heavy atom. The summed E-state index contributed by atoms with van der Waals surface area (Å²) in [7, 11) is 0. The van der Waals surface area contributed by atoms with E-state index in [1.807, 2.05) is 36.4 Å². The van der Waals surface area contributed by atoms with Gasteiger partial charge in [-0.25, -0.2) is 9.78 Å². The maximum Gasteiger partial charge on any atom is 1.00 e. The van der Waals surface area contributed by atoms with E-state index >= 15 is 0 Å². The fourth-order valence-electron chi connectivity index (χ4n) is 2.20. The van der Waals surface area contributed by atoms with Gasteiger partial charge < -0.3 is 11.3 Å². The van der Waals surface area contributed by atoms with Crippen LogP contribution in [0, 0.1) is 11.8 Å². The van der Waals surface area contributed by atoms with Gasteiger partial charge in [0.1, 0.15) is 11.4 Å². The minimum atomic E-state index is -1.01. The van der Waals surface area contributed by atoms with Crippen molar-refractivity contribution < 1.29 is 45.6 Å². The Kier molecular flexibility index (Phi) is 7.24. The van der Waals surface area contributed by atoms with Crippen LogP contribution in [0.4, 0.5) is 0 Å². The van der Waals surface area contributed by atoms with Crippen molar-refractivity contribution in [3.63, 3.8) is 0 Å². The Hall–Kier alpha value is -1.84. The van der Waals surface area contributed by atoms with E-state index in [9.17, 15) is 4.79 Å². The van der Waals surface area contributed by atoms with Gasteiger partial charge in [0.15, 0.2) is 6.10 Å². The third kappa shape index (κ3) is 5.33. The zero-order valence-electron chi connectivity index (χ0n) is 15.4. The van der Waals surface area contributed by atoms with E-state index in [1.54, 1.807) is 18.2 Å². The van der Waals surface area contributed by atoms with Crippen molar-refractivity contribution in [2.24, 2.45) is 0 Å². The number of hydrogen-bond acceptors (Lipinski definition) is 3. The van der Waals surface area contributed by atoms with Gasteiger partial charge >= 0.3 is 35.5 Å². The molecule has 0 aliphatic heterocycles. The van der Waals surface area contributed by atoms with Gasteiger partial charge in [-0.2, -0.15) is 0 Å². The Labute approximate surface area is 183 Å². The Morgan fingerprint density at radius 1 is 1.19 bits per heavy atom. The van der Waals surface area contributed by atoms with Crippen LogP contribution in [0.3, 0.4) is 0 Å². The largest absolute Gasteiger partial charge is 1.00 e. The first-order chi connectivity index (χ1) is 12.0. The summed E-state index contributed by atoms with van der Waals surface area (Å²) in [4.78, 5) is 15.4. The number of ether oxygens (including phenoxy) is 1. The predicted molar refractivity (Wildman–Crippen MR) is 101 cm³/mol. The number of pyridine rings is 1. The number of nitrogens with zero attached hydrogens (tertiary/aromatic N) is 1. The normalized spacial score (nSPS) is 11.0. The number of carboxylic acid groups (broad SMARTS) is 1. The van der Waals surface area contributed by atoms with Gasteiger partial charge in [0.2, 0.25) is 0 Å². The first-order valence-electron chi connectivity index (χ1n) is 7.59. The molecule has 3 rings (SSSR count). The molecule has 0 radical (unpaired) electrons. The second-order valence-corrected chi connectivity index (χ2v) is 6.33. The van der Waals surface area contributed by atoms with Crippen LogP contribution in [0.25, 0.3) is 10.9 Å². The van der Waals surface area contributed by atoms with Gasteiger partial charge in [0.05, 0.1) is 5.52 Å². The number of hydrogen-bond donors (Lipinski definition) is 1. The molecule has 0 fully saturated rings. The molecule has 1 unspecified atom stereocenters. The fraction of sp³-hybridized carbons (Fsp3) is 0.100. The molecule has 0 aliphatic rings. The minimum Gasteiger partial charge on any atom is -1.00 e. The van der Waals surface area contributed by atoms with Crippen molar-refractivity contribution in [2.45, 2.75) is 13.0 Å². The molecule has 0 spiro atoms. The summed E-state index contributed by atoms with van der Waals surface area (Å²) in [6.07, 6.45) is -0.913. The van der Waals surface area contributed by atoms with Gasteiger partial charge in [-0.05, 0) is 49.2 Å². The molecule has 26 heavy (non-hydrogen) atoms. The van der Waals surface area contributed by atoms with Crippen molar-refractivity contribution in [3.8, 4) is 17.6 Å². The van der Waals surface area contributed by atoms with E-state index in [2.05, 4.69) is 32.8 Å². The average molecular weight is 420 g/mol. The molecular weight excluding hydrogens is 405 g/mol. The standard InChI is InChI=1S/C20H14BrNO3.Na.H/c1-13(20(23)24)25-18-4-2-3-14(11-18)5-9-17-10-7-15-6-8-16(21)12-19(15)22-17;;/h2-4,6-8,10-13H,1H3,(H,23,24);;/q;+1;-1. The van der Waals surface area contributed by atoms with Gasteiger partial charge in [0, 0.05) is 15.4 Å². The first kappa shape index (κ1) is 20.5. The van der Waals surface area contributed by atoms with E-state index in [0.717, 1.165) is 20.9 Å². The molecule has 1 N–H and O–H groups in total. The molecule has 0 bridgehead atoms. The molecule has 6 heteroatoms. The van der Waals surface area contributed by atoms with Crippen LogP contribution in [-0.2, 0) is 4.79 Å². The van der Waals surface area contributed by atoms with Crippen molar-refractivity contribution >= 4 is 32.8 Å². The first-order valence-corrected chi connectivity index (χ1v) is 8.38. The minimum absolute atomic E-state index is 0. The maximum absolute atomic E-state index is 10.9. The van der Waals surface area contributed by atoms with E-state index < -0.39 is 12.1 Å². The molecular formula is C20H15BrNNaO3. The Balaban J connectivity index is 0.00000182. The van der Waals surface area contributed by atoms with Crippen LogP contribution < -0.4 is 34.3 Å². The summed E-state index contributed by atoms with van der Waals surface area (Å²) < 4.78 is 6.32. The van der Waals surface area contributed by atoms with Crippen molar-refractivity contribution in [1.29, 1.82) is 0 Å². The number of halogens is 1. The Morgan fingerprint density at radius 3 is 2.73 bits per heavy atom.